The third kappa shape index (κ3) is 3.44. The van der Waals surface area contributed by atoms with E-state index in [1.54, 1.807) is 12.4 Å². The molecule has 1 aliphatic rings. The fraction of sp³-hybridized carbons (Fsp3) is 0.500. The summed E-state index contributed by atoms with van der Waals surface area (Å²) < 4.78 is 14.4. The Morgan fingerprint density at radius 1 is 1.26 bits per heavy atom. The zero-order valence-electron chi connectivity index (χ0n) is 13.5. The zero-order valence-corrected chi connectivity index (χ0v) is 13.5. The summed E-state index contributed by atoms with van der Waals surface area (Å²) in [5.74, 6) is 0.934. The summed E-state index contributed by atoms with van der Waals surface area (Å²) in [4.78, 5) is 20.9. The number of halogens is 1. The molecule has 7 heteroatoms. The lowest BCUT2D eigenvalue weighted by Gasteiger charge is -2.24. The standard InChI is InChI=1S/C16H21FN6/c1-3-13-15(17)16(21-11-20-13)23-8-5-12(9-23)22(2)10-14-18-6-4-7-19-14/h4,6-7,11-12H,3,5,8-10H2,1-2H3/t12-/m1/s1. The van der Waals surface area contributed by atoms with Crippen LogP contribution < -0.4 is 4.90 Å². The summed E-state index contributed by atoms with van der Waals surface area (Å²) in [6.07, 6.45) is 6.49. The largest absolute Gasteiger partial charge is 0.352 e. The van der Waals surface area contributed by atoms with Crippen molar-refractivity contribution in [3.63, 3.8) is 0 Å². The predicted octanol–water partition coefficient (Wildman–Crippen LogP) is 1.68. The molecule has 0 aliphatic carbocycles. The highest BCUT2D eigenvalue weighted by Gasteiger charge is 2.29. The maximum Gasteiger partial charge on any atom is 0.187 e. The van der Waals surface area contributed by atoms with Gasteiger partial charge in [0.15, 0.2) is 11.6 Å². The number of aryl methyl sites for hydroxylation is 1. The average molecular weight is 316 g/mol. The molecule has 2 aromatic rings. The van der Waals surface area contributed by atoms with Crippen molar-refractivity contribution in [1.82, 2.24) is 24.8 Å². The Hall–Kier alpha value is -2.15. The Labute approximate surface area is 135 Å². The second-order valence-corrected chi connectivity index (χ2v) is 5.78. The lowest BCUT2D eigenvalue weighted by Crippen LogP contribution is -2.35. The first kappa shape index (κ1) is 15.7. The Morgan fingerprint density at radius 2 is 2.04 bits per heavy atom. The number of rotatable bonds is 5. The van der Waals surface area contributed by atoms with E-state index in [1.807, 2.05) is 17.9 Å². The van der Waals surface area contributed by atoms with Gasteiger partial charge in [0.2, 0.25) is 0 Å². The Balaban J connectivity index is 1.66. The van der Waals surface area contributed by atoms with Crippen LogP contribution >= 0.6 is 0 Å². The molecule has 0 saturated carbocycles. The first-order valence-electron chi connectivity index (χ1n) is 7.89. The second kappa shape index (κ2) is 6.95. The fourth-order valence-electron chi connectivity index (χ4n) is 2.92. The molecule has 0 bridgehead atoms. The molecule has 0 spiro atoms. The molecule has 3 rings (SSSR count). The number of hydrogen-bond donors (Lipinski definition) is 0. The van der Waals surface area contributed by atoms with Crippen molar-refractivity contribution in [3.8, 4) is 0 Å². The van der Waals surface area contributed by atoms with Crippen LogP contribution in [0, 0.1) is 5.82 Å². The summed E-state index contributed by atoms with van der Waals surface area (Å²) in [5.41, 5.74) is 0.476. The van der Waals surface area contributed by atoms with Crippen LogP contribution in [-0.2, 0) is 13.0 Å². The molecular weight excluding hydrogens is 295 g/mol. The van der Waals surface area contributed by atoms with Crippen LogP contribution in [0.15, 0.2) is 24.8 Å². The van der Waals surface area contributed by atoms with Crippen LogP contribution in [0.4, 0.5) is 10.2 Å². The van der Waals surface area contributed by atoms with E-state index in [0.29, 0.717) is 30.5 Å². The van der Waals surface area contributed by atoms with Crippen molar-refractivity contribution < 1.29 is 4.39 Å². The van der Waals surface area contributed by atoms with E-state index in [0.717, 1.165) is 25.3 Å². The SMILES string of the molecule is CCc1ncnc(N2CC[C@@H](N(C)Cc3ncccn3)C2)c1F. The highest BCUT2D eigenvalue weighted by Crippen LogP contribution is 2.24. The minimum atomic E-state index is -0.287. The molecule has 0 unspecified atom stereocenters. The maximum atomic E-state index is 14.4. The van der Waals surface area contributed by atoms with Gasteiger partial charge in [-0.2, -0.15) is 0 Å². The first-order chi connectivity index (χ1) is 11.2. The van der Waals surface area contributed by atoms with Gasteiger partial charge in [-0.15, -0.1) is 0 Å². The first-order valence-corrected chi connectivity index (χ1v) is 7.89. The predicted molar refractivity (Wildman–Crippen MR) is 85.5 cm³/mol. The van der Waals surface area contributed by atoms with E-state index in [9.17, 15) is 4.39 Å². The second-order valence-electron chi connectivity index (χ2n) is 5.78. The minimum absolute atomic E-state index is 0.287. The molecule has 1 saturated heterocycles. The summed E-state index contributed by atoms with van der Waals surface area (Å²) in [5, 5.41) is 0. The third-order valence-corrected chi connectivity index (χ3v) is 4.27. The highest BCUT2D eigenvalue weighted by atomic mass is 19.1. The van der Waals surface area contributed by atoms with Gasteiger partial charge in [-0.05, 0) is 26.0 Å². The quantitative estimate of drug-likeness (QED) is 0.836. The molecule has 3 heterocycles. The summed E-state index contributed by atoms with van der Waals surface area (Å²) >= 11 is 0. The topological polar surface area (TPSA) is 58.0 Å². The van der Waals surface area contributed by atoms with Gasteiger partial charge in [0.05, 0.1) is 12.2 Å². The van der Waals surface area contributed by atoms with E-state index >= 15 is 0 Å². The Kier molecular flexibility index (Phi) is 4.76. The third-order valence-electron chi connectivity index (χ3n) is 4.27. The Morgan fingerprint density at radius 3 is 2.78 bits per heavy atom. The lowest BCUT2D eigenvalue weighted by atomic mass is 10.2. The number of nitrogens with zero attached hydrogens (tertiary/aromatic N) is 6. The van der Waals surface area contributed by atoms with Crippen molar-refractivity contribution in [3.05, 3.63) is 42.1 Å². The van der Waals surface area contributed by atoms with E-state index in [4.69, 9.17) is 0 Å². The van der Waals surface area contributed by atoms with Crippen molar-refractivity contribution in [2.75, 3.05) is 25.0 Å². The van der Waals surface area contributed by atoms with Crippen LogP contribution in [0.25, 0.3) is 0 Å². The minimum Gasteiger partial charge on any atom is -0.352 e. The van der Waals surface area contributed by atoms with Gasteiger partial charge in [0, 0.05) is 31.5 Å². The molecule has 2 aromatic heterocycles. The van der Waals surface area contributed by atoms with Crippen LogP contribution in [0.1, 0.15) is 24.9 Å². The van der Waals surface area contributed by atoms with Gasteiger partial charge < -0.3 is 4.90 Å². The van der Waals surface area contributed by atoms with Gasteiger partial charge in [-0.1, -0.05) is 6.92 Å². The van der Waals surface area contributed by atoms with Crippen molar-refractivity contribution in [2.45, 2.75) is 32.4 Å². The normalized spacial score (nSPS) is 17.9. The fourth-order valence-corrected chi connectivity index (χ4v) is 2.92. The Bertz CT molecular complexity index is 650. The van der Waals surface area contributed by atoms with Crippen molar-refractivity contribution in [2.24, 2.45) is 0 Å². The van der Waals surface area contributed by atoms with Crippen LogP contribution in [0.2, 0.25) is 0 Å². The monoisotopic (exact) mass is 316 g/mol. The van der Waals surface area contributed by atoms with Gasteiger partial charge in [0.25, 0.3) is 0 Å². The van der Waals surface area contributed by atoms with Crippen LogP contribution in [-0.4, -0.2) is 51.0 Å². The average Bonchev–Trinajstić information content (AvgIpc) is 3.06. The molecule has 0 aromatic carbocycles. The van der Waals surface area contributed by atoms with Gasteiger partial charge >= 0.3 is 0 Å². The molecule has 6 nitrogen and oxygen atoms in total. The van der Waals surface area contributed by atoms with Gasteiger partial charge in [-0.25, -0.2) is 24.3 Å². The van der Waals surface area contributed by atoms with Crippen LogP contribution in [0.5, 0.6) is 0 Å². The van der Waals surface area contributed by atoms with E-state index in [1.165, 1.54) is 6.33 Å². The summed E-state index contributed by atoms with van der Waals surface area (Å²) in [6.45, 7) is 4.13. The zero-order chi connectivity index (χ0) is 16.2. The lowest BCUT2D eigenvalue weighted by molar-refractivity contribution is 0.244. The van der Waals surface area contributed by atoms with E-state index in [-0.39, 0.29) is 5.82 Å². The molecular formula is C16H21FN6. The smallest absolute Gasteiger partial charge is 0.187 e. The molecule has 1 atom stereocenters. The van der Waals surface area contributed by atoms with Gasteiger partial charge in [-0.3, -0.25) is 4.90 Å². The molecule has 0 N–H and O–H groups in total. The number of likely N-dealkylation sites (N-methyl/N-ethyl adjacent to an activating group) is 1. The summed E-state index contributed by atoms with van der Waals surface area (Å²) in [6, 6.07) is 2.14. The molecule has 1 fully saturated rings. The molecule has 122 valence electrons. The molecule has 0 radical (unpaired) electrons. The highest BCUT2D eigenvalue weighted by molar-refractivity contribution is 5.42. The number of aromatic nitrogens is 4. The van der Waals surface area contributed by atoms with Gasteiger partial charge in [0.1, 0.15) is 12.2 Å². The molecule has 23 heavy (non-hydrogen) atoms. The van der Waals surface area contributed by atoms with Crippen molar-refractivity contribution in [1.29, 1.82) is 0 Å². The molecule has 1 aliphatic heterocycles. The number of anilines is 1. The van der Waals surface area contributed by atoms with E-state index in [2.05, 4.69) is 31.9 Å². The molecule has 0 amide bonds. The number of hydrogen-bond acceptors (Lipinski definition) is 6. The van der Waals surface area contributed by atoms with Crippen LogP contribution in [0.3, 0.4) is 0 Å². The maximum absolute atomic E-state index is 14.4. The van der Waals surface area contributed by atoms with E-state index < -0.39 is 0 Å². The summed E-state index contributed by atoms with van der Waals surface area (Å²) in [7, 11) is 2.05. The van der Waals surface area contributed by atoms with Crippen molar-refractivity contribution >= 4 is 5.82 Å².